The molecule has 2 aliphatic rings. The Morgan fingerprint density at radius 2 is 2.25 bits per heavy atom. The lowest BCUT2D eigenvalue weighted by molar-refractivity contribution is 0.00981. The second-order valence-electron chi connectivity index (χ2n) is 6.62. The topological polar surface area (TPSA) is 50.7 Å². The third-order valence-electron chi connectivity index (χ3n) is 4.54. The van der Waals surface area contributed by atoms with Crippen LogP contribution >= 0.6 is 0 Å². The number of aliphatic hydroxyl groups excluding tert-OH is 1. The summed E-state index contributed by atoms with van der Waals surface area (Å²) in [6.45, 7) is 7.69. The number of allylic oxidation sites excluding steroid dienone is 2. The number of β-amino-alcohol motifs (C(OH)–C–C–N with tert-alkyl or cyclic N) is 1. The fraction of sp³-hybridized carbons (Fsp3) is 0.875. The van der Waals surface area contributed by atoms with Crippen molar-refractivity contribution in [1.82, 2.24) is 5.32 Å². The van der Waals surface area contributed by atoms with Crippen molar-refractivity contribution in [3.05, 3.63) is 12.2 Å². The number of ether oxygens (including phenoxy) is 2. The number of rotatable bonds is 7. The van der Waals surface area contributed by atoms with E-state index in [1.807, 2.05) is 0 Å². The van der Waals surface area contributed by atoms with E-state index in [1.165, 1.54) is 0 Å². The van der Waals surface area contributed by atoms with E-state index in [1.54, 1.807) is 0 Å². The van der Waals surface area contributed by atoms with Gasteiger partial charge >= 0.3 is 0 Å². The molecule has 4 nitrogen and oxygen atoms in total. The average Bonchev–Trinajstić information content (AvgIpc) is 2.86. The van der Waals surface area contributed by atoms with Crippen LogP contribution in [0.4, 0.5) is 0 Å². The average molecular weight is 283 g/mol. The van der Waals surface area contributed by atoms with Crippen LogP contribution in [0.15, 0.2) is 12.2 Å². The number of hydrogen-bond donors (Lipinski definition) is 2. The number of aliphatic hydroxyl groups is 1. The van der Waals surface area contributed by atoms with Gasteiger partial charge in [-0.05, 0) is 38.0 Å². The molecule has 1 aliphatic heterocycles. The van der Waals surface area contributed by atoms with Gasteiger partial charge in [0, 0.05) is 18.7 Å². The summed E-state index contributed by atoms with van der Waals surface area (Å²) in [5.74, 6) is 1.28. The molecule has 4 unspecified atom stereocenters. The van der Waals surface area contributed by atoms with Crippen LogP contribution in [0.1, 0.15) is 33.1 Å². The monoisotopic (exact) mass is 283 g/mol. The van der Waals surface area contributed by atoms with Crippen LogP contribution < -0.4 is 5.32 Å². The van der Waals surface area contributed by atoms with Crippen molar-refractivity contribution in [2.24, 2.45) is 11.8 Å². The molecule has 1 saturated heterocycles. The van der Waals surface area contributed by atoms with Crippen molar-refractivity contribution in [2.45, 2.75) is 44.8 Å². The maximum absolute atomic E-state index is 9.98. The predicted molar refractivity (Wildman–Crippen MR) is 79.7 cm³/mol. The van der Waals surface area contributed by atoms with E-state index in [0.717, 1.165) is 39.1 Å². The quantitative estimate of drug-likeness (QED) is 0.699. The summed E-state index contributed by atoms with van der Waals surface area (Å²) in [4.78, 5) is 0. The Balaban J connectivity index is 1.58. The summed E-state index contributed by atoms with van der Waals surface area (Å²) in [5, 5.41) is 13.4. The molecule has 1 fully saturated rings. The molecule has 0 radical (unpaired) electrons. The lowest BCUT2D eigenvalue weighted by Crippen LogP contribution is -2.47. The summed E-state index contributed by atoms with van der Waals surface area (Å²) < 4.78 is 11.1. The maximum Gasteiger partial charge on any atom is 0.0897 e. The van der Waals surface area contributed by atoms with Gasteiger partial charge < -0.3 is 19.9 Å². The molecule has 4 heteroatoms. The standard InChI is InChI=1S/C16H29NO3/c1-13-5-3-4-6-14(13)10-20-11-15(18)9-17-16(2)7-8-19-12-16/h3-4,13-15,17-18H,5-12H2,1-2H3. The van der Waals surface area contributed by atoms with E-state index in [2.05, 4.69) is 31.3 Å². The summed E-state index contributed by atoms with van der Waals surface area (Å²) in [6, 6.07) is 0. The van der Waals surface area contributed by atoms with Gasteiger partial charge in [0.25, 0.3) is 0 Å². The first-order chi connectivity index (χ1) is 9.59. The zero-order valence-electron chi connectivity index (χ0n) is 12.8. The molecule has 1 aliphatic carbocycles. The second kappa shape index (κ2) is 7.55. The van der Waals surface area contributed by atoms with Gasteiger partial charge in [-0.15, -0.1) is 0 Å². The SMILES string of the molecule is CC1CC=CCC1COCC(O)CNC1(C)CCOC1. The van der Waals surface area contributed by atoms with Crippen molar-refractivity contribution in [3.8, 4) is 0 Å². The van der Waals surface area contributed by atoms with Gasteiger partial charge in [0.2, 0.25) is 0 Å². The highest BCUT2D eigenvalue weighted by atomic mass is 16.5. The van der Waals surface area contributed by atoms with Crippen molar-refractivity contribution < 1.29 is 14.6 Å². The molecular weight excluding hydrogens is 254 g/mol. The summed E-state index contributed by atoms with van der Waals surface area (Å²) in [6.07, 6.45) is 7.31. The minimum absolute atomic E-state index is 0.0175. The molecule has 0 spiro atoms. The molecule has 0 aromatic rings. The first kappa shape index (κ1) is 16.0. The first-order valence-electron chi connectivity index (χ1n) is 7.83. The molecule has 0 bridgehead atoms. The first-order valence-corrected chi connectivity index (χ1v) is 7.83. The van der Waals surface area contributed by atoms with Crippen LogP contribution in [0.3, 0.4) is 0 Å². The van der Waals surface area contributed by atoms with E-state index < -0.39 is 6.10 Å². The van der Waals surface area contributed by atoms with E-state index in [-0.39, 0.29) is 5.54 Å². The molecule has 1 heterocycles. The van der Waals surface area contributed by atoms with E-state index in [9.17, 15) is 5.11 Å². The van der Waals surface area contributed by atoms with E-state index in [4.69, 9.17) is 9.47 Å². The van der Waals surface area contributed by atoms with Crippen LogP contribution in [-0.2, 0) is 9.47 Å². The van der Waals surface area contributed by atoms with Crippen LogP contribution in [-0.4, -0.2) is 49.7 Å². The van der Waals surface area contributed by atoms with Crippen molar-refractivity contribution in [2.75, 3.05) is 33.0 Å². The minimum atomic E-state index is -0.443. The minimum Gasteiger partial charge on any atom is -0.389 e. The Bertz CT molecular complexity index is 313. The van der Waals surface area contributed by atoms with Crippen LogP contribution in [0, 0.1) is 11.8 Å². The molecule has 0 aromatic carbocycles. The highest BCUT2D eigenvalue weighted by molar-refractivity contribution is 4.93. The second-order valence-corrected chi connectivity index (χ2v) is 6.62. The van der Waals surface area contributed by atoms with Gasteiger partial charge in [-0.2, -0.15) is 0 Å². The fourth-order valence-electron chi connectivity index (χ4n) is 2.82. The van der Waals surface area contributed by atoms with E-state index >= 15 is 0 Å². The fourth-order valence-corrected chi connectivity index (χ4v) is 2.82. The van der Waals surface area contributed by atoms with Gasteiger partial charge in [0.15, 0.2) is 0 Å². The van der Waals surface area contributed by atoms with Gasteiger partial charge in [-0.25, -0.2) is 0 Å². The Morgan fingerprint density at radius 3 is 2.95 bits per heavy atom. The molecule has 0 amide bonds. The maximum atomic E-state index is 9.98. The zero-order chi connectivity index (χ0) is 14.4. The van der Waals surface area contributed by atoms with Crippen LogP contribution in [0.25, 0.3) is 0 Å². The molecule has 116 valence electrons. The molecule has 2 N–H and O–H groups in total. The lowest BCUT2D eigenvalue weighted by atomic mass is 9.85. The molecule has 20 heavy (non-hydrogen) atoms. The third-order valence-corrected chi connectivity index (χ3v) is 4.54. The summed E-state index contributed by atoms with van der Waals surface area (Å²) >= 11 is 0. The molecule has 0 aromatic heterocycles. The van der Waals surface area contributed by atoms with Crippen LogP contribution in [0.5, 0.6) is 0 Å². The molecule has 0 saturated carbocycles. The highest BCUT2D eigenvalue weighted by Crippen LogP contribution is 2.25. The lowest BCUT2D eigenvalue weighted by Gasteiger charge is -2.27. The number of hydrogen-bond acceptors (Lipinski definition) is 4. The Labute approximate surface area is 122 Å². The van der Waals surface area contributed by atoms with Gasteiger partial charge in [0.1, 0.15) is 0 Å². The van der Waals surface area contributed by atoms with Gasteiger partial charge in [0.05, 0.1) is 25.9 Å². The van der Waals surface area contributed by atoms with Crippen molar-refractivity contribution in [1.29, 1.82) is 0 Å². The normalized spacial score (nSPS) is 35.4. The van der Waals surface area contributed by atoms with E-state index in [0.29, 0.717) is 25.0 Å². The molecule has 4 atom stereocenters. The van der Waals surface area contributed by atoms with Crippen LogP contribution in [0.2, 0.25) is 0 Å². The predicted octanol–water partition coefficient (Wildman–Crippen LogP) is 1.73. The van der Waals surface area contributed by atoms with Crippen molar-refractivity contribution in [3.63, 3.8) is 0 Å². The summed E-state index contributed by atoms with van der Waals surface area (Å²) in [7, 11) is 0. The Morgan fingerprint density at radius 1 is 1.45 bits per heavy atom. The zero-order valence-corrected chi connectivity index (χ0v) is 12.8. The molecule has 2 rings (SSSR count). The molecular formula is C16H29NO3. The summed E-state index contributed by atoms with van der Waals surface area (Å²) in [5.41, 5.74) is 0.0175. The smallest absolute Gasteiger partial charge is 0.0897 e. The van der Waals surface area contributed by atoms with Gasteiger partial charge in [-0.1, -0.05) is 19.1 Å². The Kier molecular flexibility index (Phi) is 6.02. The van der Waals surface area contributed by atoms with Crippen molar-refractivity contribution >= 4 is 0 Å². The number of nitrogens with one attached hydrogen (secondary N) is 1. The third kappa shape index (κ3) is 4.85. The largest absolute Gasteiger partial charge is 0.389 e. The Hall–Kier alpha value is -0.420. The highest BCUT2D eigenvalue weighted by Gasteiger charge is 2.29. The van der Waals surface area contributed by atoms with Gasteiger partial charge in [-0.3, -0.25) is 0 Å².